The highest BCUT2D eigenvalue weighted by Crippen LogP contribution is 2.25. The fraction of sp³-hybridized carbons (Fsp3) is 0.500. The van der Waals surface area contributed by atoms with E-state index in [2.05, 4.69) is 24.0 Å². The normalized spacial score (nSPS) is 11.7. The van der Waals surface area contributed by atoms with Crippen molar-refractivity contribution in [2.24, 2.45) is 0 Å². The number of fused-ring (bicyclic) bond motifs is 1. The van der Waals surface area contributed by atoms with E-state index in [-0.39, 0.29) is 5.82 Å². The molecule has 4 heteroatoms. The van der Waals surface area contributed by atoms with Crippen molar-refractivity contribution in [1.29, 1.82) is 0 Å². The molecule has 0 unspecified atom stereocenters. The minimum Gasteiger partial charge on any atom is -0.385 e. The van der Waals surface area contributed by atoms with Crippen molar-refractivity contribution in [2.75, 3.05) is 34.4 Å². The van der Waals surface area contributed by atoms with Gasteiger partial charge in [-0.3, -0.25) is 0 Å². The quantitative estimate of drug-likeness (QED) is 0.789. The molecule has 2 rings (SSSR count). The van der Waals surface area contributed by atoms with E-state index in [0.717, 1.165) is 36.9 Å². The van der Waals surface area contributed by atoms with Gasteiger partial charge in [0.1, 0.15) is 5.82 Å². The van der Waals surface area contributed by atoms with E-state index in [4.69, 9.17) is 4.74 Å². The van der Waals surface area contributed by atoms with Crippen molar-refractivity contribution >= 4 is 10.9 Å². The van der Waals surface area contributed by atoms with Crippen LogP contribution in [-0.4, -0.2) is 44.2 Å². The van der Waals surface area contributed by atoms with Crippen molar-refractivity contribution in [2.45, 2.75) is 19.3 Å². The summed E-state index contributed by atoms with van der Waals surface area (Å²) in [5.41, 5.74) is 3.24. The summed E-state index contributed by atoms with van der Waals surface area (Å²) >= 11 is 0. The summed E-state index contributed by atoms with van der Waals surface area (Å²) in [5.74, 6) is -0.175. The predicted molar refractivity (Wildman–Crippen MR) is 80.7 cm³/mol. The van der Waals surface area contributed by atoms with Crippen LogP contribution in [0.1, 0.15) is 17.5 Å². The molecule has 0 atom stereocenters. The van der Waals surface area contributed by atoms with Crippen LogP contribution in [0.4, 0.5) is 4.39 Å². The second kappa shape index (κ2) is 6.86. The zero-order valence-corrected chi connectivity index (χ0v) is 12.5. The Bertz CT molecular complexity index is 563. The zero-order valence-electron chi connectivity index (χ0n) is 12.5. The van der Waals surface area contributed by atoms with Crippen LogP contribution in [0.25, 0.3) is 10.9 Å². The van der Waals surface area contributed by atoms with Gasteiger partial charge in [-0.2, -0.15) is 0 Å². The van der Waals surface area contributed by atoms with Crippen LogP contribution in [0.5, 0.6) is 0 Å². The van der Waals surface area contributed by atoms with Gasteiger partial charge in [-0.05, 0) is 56.6 Å². The first kappa shape index (κ1) is 15.0. The Labute approximate surface area is 119 Å². The minimum absolute atomic E-state index is 0.175. The number of aromatic amines is 1. The third-order valence-electron chi connectivity index (χ3n) is 3.53. The summed E-state index contributed by atoms with van der Waals surface area (Å²) in [6, 6.07) is 3.24. The Morgan fingerprint density at radius 1 is 1.20 bits per heavy atom. The maximum Gasteiger partial charge on any atom is 0.125 e. The van der Waals surface area contributed by atoms with E-state index in [0.29, 0.717) is 6.61 Å². The minimum atomic E-state index is -0.175. The van der Waals surface area contributed by atoms with Gasteiger partial charge in [0, 0.05) is 37.4 Å². The lowest BCUT2D eigenvalue weighted by atomic mass is 10.0. The summed E-state index contributed by atoms with van der Waals surface area (Å²) in [5, 5.41) is 1.18. The number of halogens is 1. The van der Waals surface area contributed by atoms with Crippen molar-refractivity contribution in [3.8, 4) is 0 Å². The first-order valence-corrected chi connectivity index (χ1v) is 7.04. The van der Waals surface area contributed by atoms with Crippen LogP contribution >= 0.6 is 0 Å². The van der Waals surface area contributed by atoms with Gasteiger partial charge in [0.25, 0.3) is 0 Å². The molecule has 0 aliphatic heterocycles. The number of H-pyrrole nitrogens is 1. The molecule has 1 N–H and O–H groups in total. The molecule has 1 aromatic carbocycles. The molecule has 0 radical (unpaired) electrons. The van der Waals surface area contributed by atoms with Crippen molar-refractivity contribution < 1.29 is 9.13 Å². The predicted octanol–water partition coefficient (Wildman–Crippen LogP) is 2.99. The van der Waals surface area contributed by atoms with Crippen LogP contribution < -0.4 is 0 Å². The van der Waals surface area contributed by atoms with Crippen LogP contribution in [0, 0.1) is 5.82 Å². The molecule has 0 amide bonds. The molecular formula is C16H23FN2O. The maximum absolute atomic E-state index is 13.7. The van der Waals surface area contributed by atoms with E-state index >= 15 is 0 Å². The number of methoxy groups -OCH3 is 1. The summed E-state index contributed by atoms with van der Waals surface area (Å²) in [7, 11) is 5.82. The SMILES string of the molecule is COCCCc1cc(F)cc2[nH]cc(CCN(C)C)c12. The molecule has 2 aromatic rings. The third kappa shape index (κ3) is 3.58. The summed E-state index contributed by atoms with van der Waals surface area (Å²) < 4.78 is 18.8. The van der Waals surface area contributed by atoms with E-state index < -0.39 is 0 Å². The number of nitrogens with one attached hydrogen (secondary N) is 1. The number of hydrogen-bond donors (Lipinski definition) is 1. The number of rotatable bonds is 7. The molecule has 1 aromatic heterocycles. The van der Waals surface area contributed by atoms with Crippen molar-refractivity contribution in [3.05, 3.63) is 35.3 Å². The molecular weight excluding hydrogens is 255 g/mol. The van der Waals surface area contributed by atoms with Crippen LogP contribution in [0.2, 0.25) is 0 Å². The summed E-state index contributed by atoms with van der Waals surface area (Å²) in [6.45, 7) is 1.69. The second-order valence-corrected chi connectivity index (χ2v) is 5.45. The molecule has 0 bridgehead atoms. The molecule has 0 aliphatic carbocycles. The smallest absolute Gasteiger partial charge is 0.125 e. The van der Waals surface area contributed by atoms with Gasteiger partial charge in [0.15, 0.2) is 0 Å². The largest absolute Gasteiger partial charge is 0.385 e. The maximum atomic E-state index is 13.7. The number of nitrogens with zero attached hydrogens (tertiary/aromatic N) is 1. The fourth-order valence-electron chi connectivity index (χ4n) is 2.54. The Morgan fingerprint density at radius 3 is 2.70 bits per heavy atom. The van der Waals surface area contributed by atoms with Gasteiger partial charge in [0.05, 0.1) is 0 Å². The van der Waals surface area contributed by atoms with Gasteiger partial charge >= 0.3 is 0 Å². The first-order valence-electron chi connectivity index (χ1n) is 7.04. The average Bonchev–Trinajstić information content (AvgIpc) is 2.79. The van der Waals surface area contributed by atoms with Gasteiger partial charge in [-0.25, -0.2) is 4.39 Å². The molecule has 0 saturated carbocycles. The van der Waals surface area contributed by atoms with Crippen molar-refractivity contribution in [1.82, 2.24) is 9.88 Å². The summed E-state index contributed by atoms with van der Waals surface area (Å²) in [4.78, 5) is 5.35. The highest BCUT2D eigenvalue weighted by Gasteiger charge is 2.11. The fourth-order valence-corrected chi connectivity index (χ4v) is 2.54. The lowest BCUT2D eigenvalue weighted by molar-refractivity contribution is 0.195. The van der Waals surface area contributed by atoms with Gasteiger partial charge in [-0.1, -0.05) is 0 Å². The molecule has 0 aliphatic rings. The van der Waals surface area contributed by atoms with E-state index in [9.17, 15) is 4.39 Å². The van der Waals surface area contributed by atoms with Gasteiger partial charge < -0.3 is 14.6 Å². The Balaban J connectivity index is 2.29. The van der Waals surface area contributed by atoms with Crippen LogP contribution in [-0.2, 0) is 17.6 Å². The standard InChI is InChI=1S/C16H23FN2O/c1-19(2)7-6-13-11-18-15-10-14(17)9-12(16(13)15)5-4-8-20-3/h9-11,18H,4-8H2,1-3H3. The third-order valence-corrected chi connectivity index (χ3v) is 3.53. The monoisotopic (exact) mass is 278 g/mol. The molecule has 1 heterocycles. The molecule has 20 heavy (non-hydrogen) atoms. The van der Waals surface area contributed by atoms with E-state index in [1.54, 1.807) is 19.2 Å². The Hall–Kier alpha value is -1.39. The molecule has 3 nitrogen and oxygen atoms in total. The molecule has 0 saturated heterocycles. The van der Waals surface area contributed by atoms with E-state index in [1.807, 2.05) is 6.20 Å². The average molecular weight is 278 g/mol. The Morgan fingerprint density at radius 2 is 2.00 bits per heavy atom. The second-order valence-electron chi connectivity index (χ2n) is 5.45. The van der Waals surface area contributed by atoms with E-state index in [1.165, 1.54) is 10.9 Å². The van der Waals surface area contributed by atoms with Gasteiger partial charge in [0.2, 0.25) is 0 Å². The highest BCUT2D eigenvalue weighted by atomic mass is 19.1. The Kier molecular flexibility index (Phi) is 5.15. The van der Waals surface area contributed by atoms with Crippen LogP contribution in [0.15, 0.2) is 18.3 Å². The number of aromatic nitrogens is 1. The van der Waals surface area contributed by atoms with Crippen molar-refractivity contribution in [3.63, 3.8) is 0 Å². The lowest BCUT2D eigenvalue weighted by Gasteiger charge is -2.10. The van der Waals surface area contributed by atoms with Gasteiger partial charge in [-0.15, -0.1) is 0 Å². The van der Waals surface area contributed by atoms with Crippen LogP contribution in [0.3, 0.4) is 0 Å². The topological polar surface area (TPSA) is 28.3 Å². The number of hydrogen-bond acceptors (Lipinski definition) is 2. The molecule has 0 spiro atoms. The number of ether oxygens (including phenoxy) is 1. The lowest BCUT2D eigenvalue weighted by Crippen LogP contribution is -2.15. The number of aryl methyl sites for hydroxylation is 1. The number of benzene rings is 1. The molecule has 110 valence electrons. The highest BCUT2D eigenvalue weighted by molar-refractivity contribution is 5.86. The summed E-state index contributed by atoms with van der Waals surface area (Å²) in [6.07, 6.45) is 4.73. The first-order chi connectivity index (χ1) is 9.61. The number of likely N-dealkylation sites (N-methyl/N-ethyl adjacent to an activating group) is 1. The molecule has 0 fully saturated rings. The zero-order chi connectivity index (χ0) is 14.5.